The minimum Gasteiger partial charge on any atom is -0.508 e. The number of aromatic hydroxyl groups is 1. The predicted octanol–water partition coefficient (Wildman–Crippen LogP) is 0.662. The van der Waals surface area contributed by atoms with Gasteiger partial charge in [-0.25, -0.2) is 0 Å². The summed E-state index contributed by atoms with van der Waals surface area (Å²) in [6.45, 7) is 2.46. The third kappa shape index (κ3) is 2.63. The number of phenolic OH excluding ortho intramolecular Hbond substituents is 1. The summed E-state index contributed by atoms with van der Waals surface area (Å²) >= 11 is 0. The first-order valence-electron chi connectivity index (χ1n) is 5.92. The molecule has 0 radical (unpaired) electrons. The summed E-state index contributed by atoms with van der Waals surface area (Å²) in [5.41, 5.74) is -0.546. The lowest BCUT2D eigenvalue weighted by Gasteiger charge is -2.26. The van der Waals surface area contributed by atoms with Crippen LogP contribution in [0.2, 0.25) is 0 Å². The Kier molecular flexibility index (Phi) is 3.54. The number of hydrogen-bond acceptors (Lipinski definition) is 4. The molecule has 0 aliphatic carbocycles. The van der Waals surface area contributed by atoms with E-state index in [0.717, 1.165) is 0 Å². The Labute approximate surface area is 105 Å². The van der Waals surface area contributed by atoms with Crippen molar-refractivity contribution in [3.8, 4) is 5.75 Å². The fraction of sp³-hybridized carbons (Fsp3) is 0.462. The van der Waals surface area contributed by atoms with E-state index in [4.69, 9.17) is 9.84 Å². The predicted molar refractivity (Wildman–Crippen MR) is 65.4 cm³/mol. The summed E-state index contributed by atoms with van der Waals surface area (Å²) in [6, 6.07) is 5.96. The molecule has 5 nitrogen and oxygen atoms in total. The van der Waals surface area contributed by atoms with E-state index in [9.17, 15) is 9.90 Å². The molecular formula is C13H17NO4. The molecule has 3 N–H and O–H groups in total. The normalized spacial score (nSPS) is 27.1. The van der Waals surface area contributed by atoms with E-state index < -0.39 is 5.60 Å². The van der Waals surface area contributed by atoms with E-state index in [2.05, 4.69) is 5.32 Å². The second-order valence-corrected chi connectivity index (χ2v) is 4.60. The van der Waals surface area contributed by atoms with Crippen LogP contribution in [0.15, 0.2) is 24.3 Å². The fourth-order valence-electron chi connectivity index (χ4n) is 1.95. The van der Waals surface area contributed by atoms with Gasteiger partial charge in [0.2, 0.25) is 0 Å². The number of carbonyl (C=O) groups excluding carboxylic acids is 1. The van der Waals surface area contributed by atoms with Gasteiger partial charge in [0.25, 0.3) is 5.91 Å². The number of nitrogens with one attached hydrogen (secondary N) is 1. The molecule has 0 bridgehead atoms. The topological polar surface area (TPSA) is 78.8 Å². The summed E-state index contributed by atoms with van der Waals surface area (Å²) in [5, 5.41) is 22.0. The zero-order valence-electron chi connectivity index (χ0n) is 10.2. The highest BCUT2D eigenvalue weighted by molar-refractivity contribution is 5.94. The molecule has 1 aliphatic heterocycles. The lowest BCUT2D eigenvalue weighted by molar-refractivity contribution is -0.0251. The molecule has 0 spiro atoms. The SMILES string of the molecule is CC1OCCC1(O)CNC(=O)c1ccc(O)cc1. The van der Waals surface area contributed by atoms with E-state index in [0.29, 0.717) is 18.6 Å². The number of amides is 1. The van der Waals surface area contributed by atoms with Crippen LogP contribution in [-0.4, -0.2) is 41.0 Å². The molecule has 1 aromatic rings. The molecule has 1 heterocycles. The number of phenols is 1. The molecule has 2 unspecified atom stereocenters. The summed E-state index contributed by atoms with van der Waals surface area (Å²) in [6.07, 6.45) is 0.238. The molecule has 1 fully saturated rings. The molecule has 1 aliphatic rings. The van der Waals surface area contributed by atoms with Crippen LogP contribution in [0.25, 0.3) is 0 Å². The van der Waals surface area contributed by atoms with Crippen LogP contribution in [-0.2, 0) is 4.74 Å². The van der Waals surface area contributed by atoms with Gasteiger partial charge in [-0.2, -0.15) is 0 Å². The van der Waals surface area contributed by atoms with Crippen molar-refractivity contribution in [2.75, 3.05) is 13.2 Å². The van der Waals surface area contributed by atoms with Crippen molar-refractivity contribution < 1.29 is 19.7 Å². The molecular weight excluding hydrogens is 234 g/mol. The van der Waals surface area contributed by atoms with Gasteiger partial charge in [0.15, 0.2) is 0 Å². The Morgan fingerprint density at radius 1 is 1.50 bits per heavy atom. The van der Waals surface area contributed by atoms with Gasteiger partial charge >= 0.3 is 0 Å². The van der Waals surface area contributed by atoms with Gasteiger partial charge in [-0.05, 0) is 31.2 Å². The van der Waals surface area contributed by atoms with Gasteiger partial charge in [0, 0.05) is 25.1 Å². The van der Waals surface area contributed by atoms with Crippen molar-refractivity contribution in [2.45, 2.75) is 25.0 Å². The van der Waals surface area contributed by atoms with E-state index in [1.807, 2.05) is 0 Å². The maximum absolute atomic E-state index is 11.8. The van der Waals surface area contributed by atoms with E-state index >= 15 is 0 Å². The van der Waals surface area contributed by atoms with Gasteiger partial charge in [0.1, 0.15) is 11.4 Å². The number of carbonyl (C=O) groups is 1. The van der Waals surface area contributed by atoms with Crippen molar-refractivity contribution in [1.82, 2.24) is 5.32 Å². The first kappa shape index (κ1) is 12.9. The Morgan fingerprint density at radius 2 is 2.17 bits per heavy atom. The minimum atomic E-state index is -0.993. The lowest BCUT2D eigenvalue weighted by Crippen LogP contribution is -2.47. The highest BCUT2D eigenvalue weighted by Gasteiger charge is 2.39. The monoisotopic (exact) mass is 251 g/mol. The Morgan fingerprint density at radius 3 is 2.72 bits per heavy atom. The molecule has 0 aromatic heterocycles. The Balaban J connectivity index is 1.94. The quantitative estimate of drug-likeness (QED) is 0.737. The van der Waals surface area contributed by atoms with Crippen LogP contribution in [0.1, 0.15) is 23.7 Å². The van der Waals surface area contributed by atoms with Crippen molar-refractivity contribution in [3.05, 3.63) is 29.8 Å². The largest absolute Gasteiger partial charge is 0.508 e. The Hall–Kier alpha value is -1.59. The van der Waals surface area contributed by atoms with E-state index in [1.54, 1.807) is 6.92 Å². The summed E-state index contributed by atoms with van der Waals surface area (Å²) in [4.78, 5) is 11.8. The molecule has 2 atom stereocenters. The summed E-state index contributed by atoms with van der Waals surface area (Å²) < 4.78 is 5.29. The van der Waals surface area contributed by atoms with Crippen molar-refractivity contribution >= 4 is 5.91 Å². The van der Waals surface area contributed by atoms with Crippen LogP contribution < -0.4 is 5.32 Å². The zero-order chi connectivity index (χ0) is 13.2. The first-order chi connectivity index (χ1) is 8.51. The fourth-order valence-corrected chi connectivity index (χ4v) is 1.95. The standard InChI is InChI=1S/C13H17NO4/c1-9-13(17,6-7-18-9)8-14-12(16)10-2-4-11(15)5-3-10/h2-5,9,15,17H,6-8H2,1H3,(H,14,16). The molecule has 98 valence electrons. The van der Waals surface area contributed by atoms with Crippen LogP contribution in [0.4, 0.5) is 0 Å². The average molecular weight is 251 g/mol. The molecule has 5 heteroatoms. The summed E-state index contributed by atoms with van der Waals surface area (Å²) in [7, 11) is 0. The number of ether oxygens (including phenoxy) is 1. The lowest BCUT2D eigenvalue weighted by atomic mass is 9.96. The van der Waals surface area contributed by atoms with Crippen molar-refractivity contribution in [3.63, 3.8) is 0 Å². The third-order valence-corrected chi connectivity index (χ3v) is 3.34. The van der Waals surface area contributed by atoms with Gasteiger partial charge in [-0.3, -0.25) is 4.79 Å². The average Bonchev–Trinajstić information content (AvgIpc) is 2.68. The highest BCUT2D eigenvalue weighted by Crippen LogP contribution is 2.24. The molecule has 1 amide bonds. The minimum absolute atomic E-state index is 0.114. The number of benzene rings is 1. The second kappa shape index (κ2) is 4.96. The summed E-state index contributed by atoms with van der Waals surface area (Å²) in [5.74, 6) is -0.162. The Bertz CT molecular complexity index is 431. The number of aliphatic hydroxyl groups is 1. The third-order valence-electron chi connectivity index (χ3n) is 3.34. The van der Waals surface area contributed by atoms with Gasteiger partial charge in [0.05, 0.1) is 6.10 Å². The molecule has 1 aromatic carbocycles. The first-order valence-corrected chi connectivity index (χ1v) is 5.92. The maximum atomic E-state index is 11.8. The van der Waals surface area contributed by atoms with Crippen LogP contribution >= 0.6 is 0 Å². The van der Waals surface area contributed by atoms with Gasteiger partial charge in [-0.15, -0.1) is 0 Å². The van der Waals surface area contributed by atoms with E-state index in [-0.39, 0.29) is 24.3 Å². The van der Waals surface area contributed by atoms with Crippen LogP contribution in [0.5, 0.6) is 5.75 Å². The second-order valence-electron chi connectivity index (χ2n) is 4.60. The number of rotatable bonds is 3. The molecule has 2 rings (SSSR count). The molecule has 0 saturated carbocycles. The van der Waals surface area contributed by atoms with E-state index in [1.165, 1.54) is 24.3 Å². The van der Waals surface area contributed by atoms with Gasteiger partial charge in [-0.1, -0.05) is 0 Å². The highest BCUT2D eigenvalue weighted by atomic mass is 16.5. The van der Waals surface area contributed by atoms with Crippen LogP contribution in [0.3, 0.4) is 0 Å². The molecule has 18 heavy (non-hydrogen) atoms. The zero-order valence-corrected chi connectivity index (χ0v) is 10.2. The van der Waals surface area contributed by atoms with Crippen molar-refractivity contribution in [2.24, 2.45) is 0 Å². The molecule has 1 saturated heterocycles. The smallest absolute Gasteiger partial charge is 0.251 e. The number of hydrogen-bond donors (Lipinski definition) is 3. The van der Waals surface area contributed by atoms with Crippen molar-refractivity contribution in [1.29, 1.82) is 0 Å². The van der Waals surface area contributed by atoms with Crippen LogP contribution in [0, 0.1) is 0 Å². The van der Waals surface area contributed by atoms with Gasteiger partial charge < -0.3 is 20.3 Å². The maximum Gasteiger partial charge on any atom is 0.251 e.